The zero-order chi connectivity index (χ0) is 24.1. The summed E-state index contributed by atoms with van der Waals surface area (Å²) in [6, 6.07) is 21.8. The normalized spacial score (nSPS) is 12.0. The Morgan fingerprint density at radius 2 is 1.56 bits per heavy atom. The summed E-state index contributed by atoms with van der Waals surface area (Å²) in [5.41, 5.74) is 4.68. The number of nitrogens with zero attached hydrogens (tertiary/aromatic N) is 4. The smallest absolute Gasteiger partial charge is 0.341 e. The Morgan fingerprint density at radius 1 is 1.03 bits per heavy atom. The molecule has 0 saturated carbocycles. The first-order valence-corrected chi connectivity index (χ1v) is 10.9. The number of urea groups is 1. The van der Waals surface area contributed by atoms with Crippen LogP contribution in [0.2, 0.25) is 0 Å². The summed E-state index contributed by atoms with van der Waals surface area (Å²) in [6.45, 7) is 2.20. The van der Waals surface area contributed by atoms with E-state index < -0.39 is 6.03 Å². The van der Waals surface area contributed by atoms with Gasteiger partial charge in [-0.15, -0.1) is 0 Å². The number of rotatable bonds is 11. The van der Waals surface area contributed by atoms with Crippen LogP contribution in [-0.4, -0.2) is 61.8 Å². The van der Waals surface area contributed by atoms with Crippen molar-refractivity contribution in [1.82, 2.24) is 15.6 Å². The number of imide groups is 1. The number of quaternary nitrogens is 1. The minimum Gasteiger partial charge on any atom is -1.00 e. The predicted octanol–water partition coefficient (Wildman–Crippen LogP) is -0.260. The quantitative estimate of drug-likeness (QED) is 0.261. The average molecular weight is 485 g/mol. The van der Waals surface area contributed by atoms with Gasteiger partial charge < -0.3 is 16.9 Å². The van der Waals surface area contributed by atoms with Crippen LogP contribution >= 0.6 is 0 Å². The summed E-state index contributed by atoms with van der Waals surface area (Å²) in [5.74, 6) is -0.578. The Kier molecular flexibility index (Phi) is 12.5. The molecule has 182 valence electrons. The SMILES string of the molecule is C[N+](C)(C)CC(=O)NC(=O)N/N=C/C(CC#N)CN(Cc1ccccc1)Cc1ccccc1.[Cl-]. The van der Waals surface area contributed by atoms with Gasteiger partial charge in [-0.1, -0.05) is 60.7 Å². The molecule has 2 aromatic carbocycles. The van der Waals surface area contributed by atoms with Crippen LogP contribution in [-0.2, 0) is 17.9 Å². The van der Waals surface area contributed by atoms with E-state index in [0.29, 0.717) is 11.0 Å². The van der Waals surface area contributed by atoms with Crippen molar-refractivity contribution in [3.8, 4) is 6.07 Å². The molecule has 0 heterocycles. The van der Waals surface area contributed by atoms with E-state index >= 15 is 0 Å². The molecule has 0 aliphatic carbocycles. The second kappa shape index (κ2) is 14.8. The number of nitriles is 1. The van der Waals surface area contributed by atoms with Gasteiger partial charge in [-0.3, -0.25) is 15.0 Å². The molecule has 2 aromatic rings. The number of hydrogen-bond donors (Lipinski definition) is 2. The van der Waals surface area contributed by atoms with Gasteiger partial charge in [0.2, 0.25) is 0 Å². The van der Waals surface area contributed by atoms with E-state index in [4.69, 9.17) is 0 Å². The zero-order valence-corrected chi connectivity index (χ0v) is 20.7. The maximum absolute atomic E-state index is 11.9. The Hall–Kier alpha value is -3.25. The first kappa shape index (κ1) is 28.8. The van der Waals surface area contributed by atoms with Crippen LogP contribution in [0.15, 0.2) is 65.8 Å². The summed E-state index contributed by atoms with van der Waals surface area (Å²) in [7, 11) is 5.58. The maximum atomic E-state index is 11.9. The lowest BCUT2D eigenvalue weighted by molar-refractivity contribution is -0.862. The van der Waals surface area contributed by atoms with Crippen molar-refractivity contribution in [1.29, 1.82) is 5.26 Å². The highest BCUT2D eigenvalue weighted by Crippen LogP contribution is 2.13. The average Bonchev–Trinajstić information content (AvgIpc) is 2.74. The molecule has 0 aliphatic heterocycles. The second-order valence-electron chi connectivity index (χ2n) is 8.98. The van der Waals surface area contributed by atoms with E-state index in [2.05, 4.69) is 51.1 Å². The Bertz CT molecular complexity index is 913. The molecule has 0 saturated heterocycles. The largest absolute Gasteiger partial charge is 1.00 e. The highest BCUT2D eigenvalue weighted by atomic mass is 35.5. The number of carbonyl (C=O) groups excluding carboxylic acids is 2. The van der Waals surface area contributed by atoms with E-state index in [1.807, 2.05) is 57.5 Å². The molecule has 9 heteroatoms. The summed E-state index contributed by atoms with van der Waals surface area (Å²) >= 11 is 0. The van der Waals surface area contributed by atoms with Gasteiger partial charge in [-0.25, -0.2) is 10.2 Å². The van der Waals surface area contributed by atoms with Gasteiger partial charge in [-0.2, -0.15) is 10.4 Å². The van der Waals surface area contributed by atoms with Gasteiger partial charge in [-0.05, 0) is 11.1 Å². The molecule has 0 aromatic heterocycles. The van der Waals surface area contributed by atoms with Gasteiger partial charge >= 0.3 is 6.03 Å². The van der Waals surface area contributed by atoms with Crippen molar-refractivity contribution < 1.29 is 26.5 Å². The molecule has 0 fully saturated rings. The van der Waals surface area contributed by atoms with Crippen LogP contribution in [0.4, 0.5) is 4.79 Å². The topological polar surface area (TPSA) is 97.6 Å². The third kappa shape index (κ3) is 12.1. The fourth-order valence-corrected chi connectivity index (χ4v) is 3.31. The number of nitrogens with one attached hydrogen (secondary N) is 2. The summed E-state index contributed by atoms with van der Waals surface area (Å²) < 4.78 is 0.408. The first-order valence-electron chi connectivity index (χ1n) is 10.9. The van der Waals surface area contributed by atoms with Gasteiger partial charge in [0.15, 0.2) is 6.54 Å². The van der Waals surface area contributed by atoms with Gasteiger partial charge in [0.25, 0.3) is 5.91 Å². The van der Waals surface area contributed by atoms with Crippen LogP contribution in [0.3, 0.4) is 0 Å². The van der Waals surface area contributed by atoms with Gasteiger partial charge in [0.1, 0.15) is 0 Å². The Morgan fingerprint density at radius 3 is 2.03 bits per heavy atom. The minimum atomic E-state index is -0.689. The molecular formula is C25H33ClN6O2. The minimum absolute atomic E-state index is 0. The number of halogens is 1. The lowest BCUT2D eigenvalue weighted by atomic mass is 10.1. The van der Waals surface area contributed by atoms with E-state index in [1.165, 1.54) is 11.1 Å². The van der Waals surface area contributed by atoms with Gasteiger partial charge in [0.05, 0.1) is 27.2 Å². The third-order valence-electron chi connectivity index (χ3n) is 4.67. The monoisotopic (exact) mass is 484 g/mol. The first-order chi connectivity index (χ1) is 15.7. The van der Waals surface area contributed by atoms with E-state index in [9.17, 15) is 14.9 Å². The molecule has 3 amide bonds. The molecule has 1 unspecified atom stereocenters. The lowest BCUT2D eigenvalue weighted by Crippen LogP contribution is -3.00. The number of hydrogen-bond acceptors (Lipinski definition) is 5. The van der Waals surface area contributed by atoms with E-state index in [0.717, 1.165) is 13.1 Å². The Labute approximate surface area is 208 Å². The van der Waals surface area contributed by atoms with Crippen molar-refractivity contribution in [2.75, 3.05) is 34.2 Å². The van der Waals surface area contributed by atoms with Crippen molar-refractivity contribution >= 4 is 18.2 Å². The van der Waals surface area contributed by atoms with E-state index in [-0.39, 0.29) is 37.2 Å². The molecule has 2 rings (SSSR count). The highest BCUT2D eigenvalue weighted by molar-refractivity contribution is 5.94. The fourth-order valence-electron chi connectivity index (χ4n) is 3.31. The van der Waals surface area contributed by atoms with Crippen LogP contribution < -0.4 is 23.1 Å². The number of likely N-dealkylation sites (N-methyl/N-ethyl adjacent to an activating group) is 1. The maximum Gasteiger partial charge on any atom is 0.341 e. The van der Waals surface area contributed by atoms with Crippen LogP contribution in [0, 0.1) is 17.2 Å². The number of carbonyl (C=O) groups is 2. The van der Waals surface area contributed by atoms with Crippen LogP contribution in [0.1, 0.15) is 17.5 Å². The molecule has 0 radical (unpaired) electrons. The summed E-state index contributed by atoms with van der Waals surface area (Å²) in [5, 5.41) is 15.5. The Balaban J connectivity index is 0.00000578. The molecule has 0 spiro atoms. The third-order valence-corrected chi connectivity index (χ3v) is 4.67. The second-order valence-corrected chi connectivity index (χ2v) is 8.98. The van der Waals surface area contributed by atoms with Crippen LogP contribution in [0.5, 0.6) is 0 Å². The summed E-state index contributed by atoms with van der Waals surface area (Å²) in [4.78, 5) is 26.1. The van der Waals surface area contributed by atoms with Crippen molar-refractivity contribution in [3.05, 3.63) is 71.8 Å². The summed E-state index contributed by atoms with van der Waals surface area (Å²) in [6.07, 6.45) is 1.82. The number of benzene rings is 2. The van der Waals surface area contributed by atoms with Crippen molar-refractivity contribution in [2.24, 2.45) is 11.0 Å². The highest BCUT2D eigenvalue weighted by Gasteiger charge is 2.17. The molecule has 0 bridgehead atoms. The molecule has 2 N–H and O–H groups in total. The van der Waals surface area contributed by atoms with Crippen LogP contribution in [0.25, 0.3) is 0 Å². The lowest BCUT2D eigenvalue weighted by Gasteiger charge is -2.25. The number of hydrazone groups is 1. The fraction of sp³-hybridized carbons (Fsp3) is 0.360. The van der Waals surface area contributed by atoms with Crippen molar-refractivity contribution in [3.63, 3.8) is 0 Å². The predicted molar refractivity (Wildman–Crippen MR) is 129 cm³/mol. The molecular weight excluding hydrogens is 452 g/mol. The molecule has 8 nitrogen and oxygen atoms in total. The standard InChI is InChI=1S/C25H32N6O2.ClH/c1-31(2,3)20-24(32)28-25(33)29-27-16-23(14-15-26)19-30(17-21-10-6-4-7-11-21)18-22-12-8-5-9-13-22;/h4-13,16,23H,14,17-20H2,1-3H3,(H-,28,29,32,33);1H/b27-16+;. The van der Waals surface area contributed by atoms with Gasteiger partial charge in [0, 0.05) is 38.2 Å². The number of amides is 3. The molecule has 34 heavy (non-hydrogen) atoms. The van der Waals surface area contributed by atoms with Crippen molar-refractivity contribution in [2.45, 2.75) is 19.5 Å². The molecule has 0 aliphatic rings. The zero-order valence-electron chi connectivity index (χ0n) is 19.9. The van der Waals surface area contributed by atoms with E-state index in [1.54, 1.807) is 6.21 Å². The molecule has 1 atom stereocenters.